The molecule has 1 atom stereocenters. The molecule has 0 bridgehead atoms. The van der Waals surface area contributed by atoms with E-state index < -0.39 is 24.3 Å². The van der Waals surface area contributed by atoms with E-state index in [4.69, 9.17) is 9.47 Å². The Morgan fingerprint density at radius 3 is 2.59 bits per heavy atom. The van der Waals surface area contributed by atoms with Gasteiger partial charge in [-0.2, -0.15) is 8.78 Å². The van der Waals surface area contributed by atoms with Gasteiger partial charge in [0, 0.05) is 0 Å². The van der Waals surface area contributed by atoms with Gasteiger partial charge in [0.05, 0.1) is 25.8 Å². The van der Waals surface area contributed by atoms with Gasteiger partial charge in [-0.3, -0.25) is 4.90 Å². The fourth-order valence-corrected chi connectivity index (χ4v) is 3.04. The molecule has 1 aliphatic carbocycles. The van der Waals surface area contributed by atoms with Gasteiger partial charge in [-0.15, -0.1) is 0 Å². The third kappa shape index (κ3) is 5.82. The van der Waals surface area contributed by atoms with Gasteiger partial charge in [-0.05, 0) is 62.8 Å². The molecule has 1 fully saturated rings. The summed E-state index contributed by atoms with van der Waals surface area (Å²) in [6.45, 7) is 2.80. The van der Waals surface area contributed by atoms with Gasteiger partial charge in [0.15, 0.2) is 11.5 Å². The number of halogens is 2. The minimum Gasteiger partial charge on any atom is -0.489 e. The van der Waals surface area contributed by atoms with Crippen LogP contribution in [0.4, 0.5) is 13.6 Å². The molecular weight excluding hydrogens is 384 g/mol. The molecule has 1 aliphatic heterocycles. The lowest BCUT2D eigenvalue weighted by Gasteiger charge is -2.27. The standard InChI is InChI=1S/C21H27F2NO5/c1-21(2,3)29-20(26)24-10-15(8-16(24)11-25)14-6-7-17(28-19(22)23)18(9-14)27-12-13-4-5-13/h6-9,13,16,19,25H,4-5,10-12H2,1-3H3. The van der Waals surface area contributed by atoms with E-state index in [0.717, 1.165) is 18.4 Å². The van der Waals surface area contributed by atoms with E-state index in [1.807, 2.05) is 0 Å². The van der Waals surface area contributed by atoms with E-state index in [0.29, 0.717) is 18.1 Å². The summed E-state index contributed by atoms with van der Waals surface area (Å²) in [7, 11) is 0. The van der Waals surface area contributed by atoms with Crippen LogP contribution in [0.25, 0.3) is 5.57 Å². The number of carbonyl (C=O) groups excluding carboxylic acids is 1. The molecule has 0 saturated heterocycles. The number of ether oxygens (including phenoxy) is 3. The minimum atomic E-state index is -2.95. The molecule has 29 heavy (non-hydrogen) atoms. The van der Waals surface area contributed by atoms with Crippen molar-refractivity contribution in [2.45, 2.75) is 51.9 Å². The first-order valence-electron chi connectivity index (χ1n) is 9.69. The molecule has 0 aromatic heterocycles. The summed E-state index contributed by atoms with van der Waals surface area (Å²) in [4.78, 5) is 13.9. The molecule has 1 N–H and O–H groups in total. The zero-order valence-corrected chi connectivity index (χ0v) is 16.9. The first-order valence-corrected chi connectivity index (χ1v) is 9.69. The van der Waals surface area contributed by atoms with Crippen molar-refractivity contribution in [3.05, 3.63) is 29.8 Å². The Morgan fingerprint density at radius 2 is 2.00 bits per heavy atom. The number of alkyl halides is 2. The molecular formula is C21H27F2NO5. The van der Waals surface area contributed by atoms with Crippen LogP contribution in [-0.2, 0) is 4.74 Å². The van der Waals surface area contributed by atoms with Crippen molar-refractivity contribution in [3.63, 3.8) is 0 Å². The van der Waals surface area contributed by atoms with Crippen molar-refractivity contribution in [1.82, 2.24) is 4.90 Å². The minimum absolute atomic E-state index is 0.0225. The van der Waals surface area contributed by atoms with Crippen molar-refractivity contribution in [1.29, 1.82) is 0 Å². The smallest absolute Gasteiger partial charge is 0.411 e. The molecule has 1 saturated carbocycles. The van der Waals surface area contributed by atoms with Gasteiger partial charge < -0.3 is 19.3 Å². The first kappa shape index (κ1) is 21.4. The van der Waals surface area contributed by atoms with Crippen molar-refractivity contribution in [2.24, 2.45) is 5.92 Å². The number of rotatable bonds is 7. The summed E-state index contributed by atoms with van der Waals surface area (Å²) in [6, 6.07) is 4.20. The number of amides is 1. The molecule has 1 heterocycles. The largest absolute Gasteiger partial charge is 0.489 e. The lowest BCUT2D eigenvalue weighted by atomic mass is 10.1. The first-order chi connectivity index (χ1) is 13.7. The van der Waals surface area contributed by atoms with Gasteiger partial charge in [0.25, 0.3) is 0 Å². The number of aliphatic hydroxyl groups is 1. The molecule has 3 rings (SSSR count). The predicted molar refractivity (Wildman–Crippen MR) is 103 cm³/mol. The molecule has 1 unspecified atom stereocenters. The van der Waals surface area contributed by atoms with Crippen LogP contribution in [0.2, 0.25) is 0 Å². The van der Waals surface area contributed by atoms with Crippen LogP contribution in [0.15, 0.2) is 24.3 Å². The van der Waals surface area contributed by atoms with E-state index in [-0.39, 0.29) is 24.7 Å². The maximum atomic E-state index is 12.7. The van der Waals surface area contributed by atoms with Crippen LogP contribution < -0.4 is 9.47 Å². The molecule has 160 valence electrons. The molecule has 8 heteroatoms. The second kappa shape index (κ2) is 8.57. The highest BCUT2D eigenvalue weighted by Crippen LogP contribution is 2.37. The lowest BCUT2D eigenvalue weighted by Crippen LogP contribution is -2.41. The van der Waals surface area contributed by atoms with Crippen LogP contribution in [-0.4, -0.2) is 54.1 Å². The van der Waals surface area contributed by atoms with Crippen LogP contribution in [0.3, 0.4) is 0 Å². The number of hydrogen-bond acceptors (Lipinski definition) is 5. The Balaban J connectivity index is 1.79. The number of hydrogen-bond donors (Lipinski definition) is 1. The molecule has 0 radical (unpaired) electrons. The summed E-state index contributed by atoms with van der Waals surface area (Å²) in [6.07, 6.45) is 3.39. The fourth-order valence-electron chi connectivity index (χ4n) is 3.04. The number of carbonyl (C=O) groups is 1. The second-order valence-electron chi connectivity index (χ2n) is 8.34. The fraction of sp³-hybridized carbons (Fsp3) is 0.571. The Morgan fingerprint density at radius 1 is 1.28 bits per heavy atom. The van der Waals surface area contributed by atoms with Crippen LogP contribution in [0, 0.1) is 5.92 Å². The average Bonchev–Trinajstić information content (AvgIpc) is 3.35. The summed E-state index contributed by atoms with van der Waals surface area (Å²) in [5, 5.41) is 9.68. The summed E-state index contributed by atoms with van der Waals surface area (Å²) in [5.74, 6) is 0.669. The number of benzene rings is 1. The summed E-state index contributed by atoms with van der Waals surface area (Å²) in [5.41, 5.74) is 0.828. The Labute approximate surface area is 169 Å². The topological polar surface area (TPSA) is 68.2 Å². The quantitative estimate of drug-likeness (QED) is 0.733. The molecule has 0 spiro atoms. The SMILES string of the molecule is CC(C)(C)OC(=O)N1CC(c2ccc(OC(F)F)c(OCC3CC3)c2)=CC1CO. The zero-order valence-electron chi connectivity index (χ0n) is 16.9. The van der Waals surface area contributed by atoms with Crippen LogP contribution in [0.1, 0.15) is 39.2 Å². The third-order valence-electron chi connectivity index (χ3n) is 4.65. The predicted octanol–water partition coefficient (Wildman–Crippen LogP) is 4.07. The normalized spacial score (nSPS) is 19.3. The van der Waals surface area contributed by atoms with Crippen LogP contribution in [0.5, 0.6) is 11.5 Å². The van der Waals surface area contributed by atoms with Gasteiger partial charge in [0.2, 0.25) is 0 Å². The van der Waals surface area contributed by atoms with E-state index in [1.165, 1.54) is 11.0 Å². The highest BCUT2D eigenvalue weighted by molar-refractivity contribution is 5.79. The van der Waals surface area contributed by atoms with E-state index >= 15 is 0 Å². The van der Waals surface area contributed by atoms with Crippen molar-refractivity contribution >= 4 is 11.7 Å². The highest BCUT2D eigenvalue weighted by Gasteiger charge is 2.33. The van der Waals surface area contributed by atoms with Gasteiger partial charge in [-0.1, -0.05) is 12.1 Å². The Kier molecular flexibility index (Phi) is 6.31. The van der Waals surface area contributed by atoms with E-state index in [9.17, 15) is 18.7 Å². The Bertz CT molecular complexity index is 771. The maximum absolute atomic E-state index is 12.7. The van der Waals surface area contributed by atoms with E-state index in [1.54, 1.807) is 39.0 Å². The van der Waals surface area contributed by atoms with Crippen molar-refractivity contribution in [2.75, 3.05) is 19.8 Å². The van der Waals surface area contributed by atoms with E-state index in [2.05, 4.69) is 4.74 Å². The zero-order chi connectivity index (χ0) is 21.2. The molecule has 1 aromatic rings. The van der Waals surface area contributed by atoms with Crippen molar-refractivity contribution in [3.8, 4) is 11.5 Å². The molecule has 1 amide bonds. The number of nitrogens with zero attached hydrogens (tertiary/aromatic N) is 1. The van der Waals surface area contributed by atoms with Gasteiger partial charge >= 0.3 is 12.7 Å². The highest BCUT2D eigenvalue weighted by atomic mass is 19.3. The Hall–Kier alpha value is -2.35. The number of aliphatic hydroxyl groups excluding tert-OH is 1. The average molecular weight is 411 g/mol. The lowest BCUT2D eigenvalue weighted by molar-refractivity contribution is -0.0515. The second-order valence-corrected chi connectivity index (χ2v) is 8.34. The molecule has 2 aliphatic rings. The van der Waals surface area contributed by atoms with Crippen LogP contribution >= 0.6 is 0 Å². The van der Waals surface area contributed by atoms with Gasteiger partial charge in [0.1, 0.15) is 5.60 Å². The summed E-state index contributed by atoms with van der Waals surface area (Å²) >= 11 is 0. The summed E-state index contributed by atoms with van der Waals surface area (Å²) < 4.78 is 41.1. The van der Waals surface area contributed by atoms with Crippen molar-refractivity contribution < 1.29 is 32.9 Å². The molecule has 1 aromatic carbocycles. The third-order valence-corrected chi connectivity index (χ3v) is 4.65. The maximum Gasteiger partial charge on any atom is 0.411 e. The molecule has 6 nitrogen and oxygen atoms in total. The monoisotopic (exact) mass is 411 g/mol. The van der Waals surface area contributed by atoms with Gasteiger partial charge in [-0.25, -0.2) is 4.79 Å².